The van der Waals surface area contributed by atoms with Crippen molar-refractivity contribution < 1.29 is 19.0 Å². The molecule has 0 N–H and O–H groups in total. The summed E-state index contributed by atoms with van der Waals surface area (Å²) >= 11 is 0. The molecule has 100 valence electrons. The topological polar surface area (TPSA) is 44.8 Å². The summed E-state index contributed by atoms with van der Waals surface area (Å²) in [7, 11) is 0.647. The first-order chi connectivity index (χ1) is 7.95. The van der Waals surface area contributed by atoms with Crippen LogP contribution in [-0.2, 0) is 19.0 Å². The van der Waals surface area contributed by atoms with Crippen LogP contribution >= 0.6 is 0 Å². The molecule has 0 aliphatic heterocycles. The zero-order chi connectivity index (χ0) is 13.3. The van der Waals surface area contributed by atoms with Crippen molar-refractivity contribution in [2.24, 2.45) is 0 Å². The average Bonchev–Trinajstić information content (AvgIpc) is 2.31. The van der Waals surface area contributed by atoms with Crippen molar-refractivity contribution in [1.29, 1.82) is 0 Å². The van der Waals surface area contributed by atoms with Gasteiger partial charge in [0.25, 0.3) is 0 Å². The number of rotatable bonds is 9. The Kier molecular flexibility index (Phi) is 8.12. The van der Waals surface area contributed by atoms with Crippen LogP contribution < -0.4 is 0 Å². The summed E-state index contributed by atoms with van der Waals surface area (Å²) in [6, 6.07) is 0. The zero-order valence-corrected chi connectivity index (χ0v) is 13.4. The van der Waals surface area contributed by atoms with Gasteiger partial charge >= 0.3 is 5.97 Å². The third kappa shape index (κ3) is 7.30. The first-order valence-corrected chi connectivity index (χ1v) is 7.05. The van der Waals surface area contributed by atoms with Gasteiger partial charge in [0.05, 0.1) is 10.2 Å². The smallest absolute Gasteiger partial charge is 0.333 e. The van der Waals surface area contributed by atoms with Crippen molar-refractivity contribution in [2.75, 3.05) is 19.8 Å². The van der Waals surface area contributed by atoms with E-state index < -0.39 is 11.4 Å². The Morgan fingerprint density at radius 1 is 1.24 bits per heavy atom. The first-order valence-electron chi connectivity index (χ1n) is 6.05. The summed E-state index contributed by atoms with van der Waals surface area (Å²) < 4.78 is 16.4. The Hall–Kier alpha value is -0.653. The minimum absolute atomic E-state index is 0.144. The van der Waals surface area contributed by atoms with Gasteiger partial charge in [0.15, 0.2) is 5.41 Å². The Morgan fingerprint density at radius 2 is 1.71 bits per heavy atom. The Labute approximate surface area is 107 Å². The minimum Gasteiger partial charge on any atom is -0.457 e. The molecule has 0 saturated heterocycles. The molecule has 0 heterocycles. The monoisotopic (exact) mass is 260 g/mol. The molecule has 0 bridgehead atoms. The van der Waals surface area contributed by atoms with E-state index in [1.807, 2.05) is 13.8 Å². The maximum absolute atomic E-state index is 11.3. The number of hydrogen-bond donors (Lipinski definition) is 0. The molecule has 0 spiro atoms. The van der Waals surface area contributed by atoms with Gasteiger partial charge in [-0.15, -0.1) is 0 Å². The molecule has 0 amide bonds. The molecule has 17 heavy (non-hydrogen) atoms. The fourth-order valence-electron chi connectivity index (χ4n) is 1.08. The van der Waals surface area contributed by atoms with Crippen LogP contribution in [0.2, 0.25) is 0 Å². The highest BCUT2D eigenvalue weighted by Gasteiger charge is 2.27. The lowest BCUT2D eigenvalue weighted by molar-refractivity contribution is -0.207. The molecule has 0 aliphatic carbocycles. The molecule has 0 rings (SSSR count). The Bertz CT molecular complexity index is 245. The summed E-state index contributed by atoms with van der Waals surface area (Å²) in [5.41, 5.74) is -0.336. The molecule has 0 fully saturated rings. The normalized spacial score (nSPS) is 11.5. The summed E-state index contributed by atoms with van der Waals surface area (Å²) in [6.07, 6.45) is 1.82. The quantitative estimate of drug-likeness (QED) is 0.268. The van der Waals surface area contributed by atoms with E-state index in [2.05, 4.69) is 6.58 Å². The minimum atomic E-state index is -0.725. The maximum Gasteiger partial charge on any atom is 0.333 e. The summed E-state index contributed by atoms with van der Waals surface area (Å²) in [5, 5.41) is 0. The summed E-state index contributed by atoms with van der Waals surface area (Å²) in [5.74, 6) is -0.398. The van der Waals surface area contributed by atoms with Crippen molar-refractivity contribution in [2.45, 2.75) is 39.0 Å². The predicted octanol–water partition coefficient (Wildman–Crippen LogP) is 0.978. The summed E-state index contributed by atoms with van der Waals surface area (Å²) in [6.45, 7) is 10.6. The fourth-order valence-corrected chi connectivity index (χ4v) is 1.63. The zero-order valence-electron chi connectivity index (χ0n) is 11.4. The lowest BCUT2D eigenvalue weighted by Gasteiger charge is -2.29. The van der Waals surface area contributed by atoms with E-state index in [4.69, 9.17) is 14.2 Å². The van der Waals surface area contributed by atoms with Gasteiger partial charge in [-0.2, -0.15) is 0 Å². The van der Waals surface area contributed by atoms with E-state index in [1.54, 1.807) is 6.92 Å². The van der Waals surface area contributed by atoms with Crippen LogP contribution in [0.5, 0.6) is 0 Å². The highest BCUT2D eigenvalue weighted by atomic mass is 28.1. The van der Waals surface area contributed by atoms with E-state index >= 15 is 0 Å². The molecule has 4 nitrogen and oxygen atoms in total. The van der Waals surface area contributed by atoms with E-state index in [9.17, 15) is 4.79 Å². The van der Waals surface area contributed by atoms with Crippen molar-refractivity contribution >= 4 is 16.2 Å². The van der Waals surface area contributed by atoms with Gasteiger partial charge in [-0.25, -0.2) is 4.79 Å². The van der Waals surface area contributed by atoms with Crippen LogP contribution in [0, 0.1) is 0 Å². The lowest BCUT2D eigenvalue weighted by Crippen LogP contribution is -2.43. The molecule has 0 aliphatic rings. The molecule has 0 saturated carbocycles. The molecule has 5 heteroatoms. The summed E-state index contributed by atoms with van der Waals surface area (Å²) in [4.78, 5) is 11.3. The van der Waals surface area contributed by atoms with Crippen molar-refractivity contribution in [3.05, 3.63) is 12.2 Å². The van der Waals surface area contributed by atoms with Crippen molar-refractivity contribution in [3.63, 3.8) is 0 Å². The molecular weight excluding hydrogens is 236 g/mol. The van der Waals surface area contributed by atoms with Crippen LogP contribution in [0.4, 0.5) is 0 Å². The number of hydrogen-bond acceptors (Lipinski definition) is 4. The second kappa shape index (κ2) is 8.44. The Balaban J connectivity index is 4.26. The SMILES string of the molecule is C=C(C)C(=O)OCC([SiH3])(OCCC)OCCC. The Morgan fingerprint density at radius 3 is 2.06 bits per heavy atom. The number of carbonyl (C=O) groups excluding carboxylic acids is 1. The first kappa shape index (κ1) is 16.3. The molecule has 0 aromatic carbocycles. The maximum atomic E-state index is 11.3. The van der Waals surface area contributed by atoms with Gasteiger partial charge in [-0.3, -0.25) is 0 Å². The van der Waals surface area contributed by atoms with Gasteiger partial charge < -0.3 is 14.2 Å². The van der Waals surface area contributed by atoms with Gasteiger partial charge in [-0.1, -0.05) is 20.4 Å². The third-order valence-electron chi connectivity index (χ3n) is 2.04. The number of esters is 1. The molecule has 0 radical (unpaired) electrons. The van der Waals surface area contributed by atoms with Gasteiger partial charge in [-0.05, 0) is 19.8 Å². The van der Waals surface area contributed by atoms with Crippen LogP contribution in [0.25, 0.3) is 0 Å². The van der Waals surface area contributed by atoms with Gasteiger partial charge in [0, 0.05) is 18.8 Å². The van der Waals surface area contributed by atoms with Crippen LogP contribution in [0.1, 0.15) is 33.6 Å². The van der Waals surface area contributed by atoms with Crippen LogP contribution in [-0.4, -0.2) is 41.4 Å². The lowest BCUT2D eigenvalue weighted by atomic mass is 10.4. The molecule has 0 aromatic heterocycles. The highest BCUT2D eigenvalue weighted by Crippen LogP contribution is 2.11. The third-order valence-corrected chi connectivity index (χ3v) is 2.90. The van der Waals surface area contributed by atoms with Crippen LogP contribution in [0.15, 0.2) is 12.2 Å². The van der Waals surface area contributed by atoms with E-state index in [1.165, 1.54) is 0 Å². The number of carbonyl (C=O) groups is 1. The van der Waals surface area contributed by atoms with E-state index in [0.717, 1.165) is 12.8 Å². The largest absolute Gasteiger partial charge is 0.457 e. The van der Waals surface area contributed by atoms with Gasteiger partial charge in [0.1, 0.15) is 6.61 Å². The molecule has 0 aromatic rings. The predicted molar refractivity (Wildman–Crippen MR) is 70.9 cm³/mol. The fraction of sp³-hybridized carbons (Fsp3) is 0.750. The molecular formula is C12H24O4Si. The molecule has 0 unspecified atom stereocenters. The van der Waals surface area contributed by atoms with E-state index in [0.29, 0.717) is 29.0 Å². The van der Waals surface area contributed by atoms with Gasteiger partial charge in [0.2, 0.25) is 0 Å². The number of ether oxygens (including phenoxy) is 3. The van der Waals surface area contributed by atoms with Crippen molar-refractivity contribution in [3.8, 4) is 0 Å². The van der Waals surface area contributed by atoms with E-state index in [-0.39, 0.29) is 6.61 Å². The molecule has 0 atom stereocenters. The second-order valence-electron chi connectivity index (χ2n) is 4.19. The highest BCUT2D eigenvalue weighted by molar-refractivity contribution is 6.13. The second-order valence-corrected chi connectivity index (χ2v) is 5.71. The van der Waals surface area contributed by atoms with Crippen LogP contribution in [0.3, 0.4) is 0 Å². The van der Waals surface area contributed by atoms with Crippen molar-refractivity contribution in [1.82, 2.24) is 0 Å². The average molecular weight is 260 g/mol. The standard InChI is InChI=1S/C12H24O4Si/c1-5-7-15-12(17,16-8-6-2)9-14-11(13)10(3)4/h3,5-9H2,1-2,4,17H3.